The normalized spacial score (nSPS) is 22.2. The van der Waals surface area contributed by atoms with Crippen LogP contribution in [0.1, 0.15) is 32.4 Å². The van der Waals surface area contributed by atoms with Crippen molar-refractivity contribution in [3.63, 3.8) is 0 Å². The minimum absolute atomic E-state index is 0.694. The molecule has 0 N–H and O–H groups in total. The van der Waals surface area contributed by atoms with Gasteiger partial charge in [-0.05, 0) is 39.2 Å². The van der Waals surface area contributed by atoms with Crippen molar-refractivity contribution >= 4 is 11.5 Å². The Labute approximate surface area is 156 Å². The number of likely N-dealkylation sites (N-methyl/N-ethyl adjacent to an activating group) is 1. The number of aryl methyl sites for hydroxylation is 1. The molecule has 0 aromatic carbocycles. The summed E-state index contributed by atoms with van der Waals surface area (Å²) in [4.78, 5) is 12.3. The van der Waals surface area contributed by atoms with Crippen LogP contribution in [0.3, 0.4) is 0 Å². The van der Waals surface area contributed by atoms with E-state index in [0.29, 0.717) is 6.04 Å². The number of hydrogen-bond donors (Lipinski definition) is 0. The molecule has 0 saturated carbocycles. The molecule has 26 heavy (non-hydrogen) atoms. The van der Waals surface area contributed by atoms with Crippen LogP contribution in [0.5, 0.6) is 0 Å². The lowest BCUT2D eigenvalue weighted by molar-refractivity contribution is 0.0813. The molecule has 6 nitrogen and oxygen atoms in total. The van der Waals surface area contributed by atoms with Gasteiger partial charge in [0.15, 0.2) is 5.65 Å². The summed E-state index contributed by atoms with van der Waals surface area (Å²) in [6.07, 6.45) is 5.35. The van der Waals surface area contributed by atoms with Crippen molar-refractivity contribution in [2.45, 2.75) is 39.2 Å². The van der Waals surface area contributed by atoms with E-state index in [9.17, 15) is 0 Å². The van der Waals surface area contributed by atoms with Crippen molar-refractivity contribution in [3.8, 4) is 0 Å². The molecule has 2 fully saturated rings. The molecule has 2 aliphatic heterocycles. The van der Waals surface area contributed by atoms with Crippen LogP contribution in [0.4, 0.5) is 5.82 Å². The van der Waals surface area contributed by atoms with Crippen molar-refractivity contribution < 1.29 is 0 Å². The van der Waals surface area contributed by atoms with E-state index in [2.05, 4.69) is 51.7 Å². The highest BCUT2D eigenvalue weighted by Crippen LogP contribution is 2.28. The van der Waals surface area contributed by atoms with Crippen molar-refractivity contribution in [2.75, 3.05) is 51.2 Å². The molecular formula is C20H32N6. The summed E-state index contributed by atoms with van der Waals surface area (Å²) < 4.78 is 2.00. The minimum Gasteiger partial charge on any atom is -0.356 e. The summed E-state index contributed by atoms with van der Waals surface area (Å²) in [5, 5.41) is 4.50. The lowest BCUT2D eigenvalue weighted by atomic mass is 9.89. The van der Waals surface area contributed by atoms with E-state index in [4.69, 9.17) is 0 Å². The molecule has 0 aliphatic carbocycles. The van der Waals surface area contributed by atoms with Gasteiger partial charge in [-0.1, -0.05) is 6.92 Å². The number of aromatic nitrogens is 3. The first-order chi connectivity index (χ1) is 12.7. The number of fused-ring (bicyclic) bond motifs is 1. The SMILES string of the molecule is CCc1cc(N2CCC([C@@H](C)N3CCN(C)CC3)CC2)n2nccc2n1. The zero-order valence-electron chi connectivity index (χ0n) is 16.4. The topological polar surface area (TPSA) is 39.9 Å². The van der Waals surface area contributed by atoms with Crippen LogP contribution in [0.25, 0.3) is 5.65 Å². The standard InChI is InChI=1S/C20H32N6/c1-4-18-15-20(26-19(22-18)5-8-21-26)25-9-6-17(7-10-25)16(2)24-13-11-23(3)12-14-24/h5,8,15-17H,4,6-7,9-14H2,1-3H3/t16-/m1/s1. The van der Waals surface area contributed by atoms with Crippen LogP contribution in [0.15, 0.2) is 18.3 Å². The summed E-state index contributed by atoms with van der Waals surface area (Å²) in [6.45, 7) is 11.7. The smallest absolute Gasteiger partial charge is 0.157 e. The van der Waals surface area contributed by atoms with Crippen LogP contribution in [0.2, 0.25) is 0 Å². The van der Waals surface area contributed by atoms with Gasteiger partial charge in [-0.2, -0.15) is 9.61 Å². The van der Waals surface area contributed by atoms with Gasteiger partial charge in [-0.25, -0.2) is 4.98 Å². The molecule has 2 aromatic rings. The Kier molecular flexibility index (Phi) is 5.14. The Hall–Kier alpha value is -1.66. The third-order valence-corrected chi connectivity index (χ3v) is 6.42. The first kappa shape index (κ1) is 17.7. The molecule has 142 valence electrons. The van der Waals surface area contributed by atoms with Gasteiger partial charge in [0.1, 0.15) is 5.82 Å². The van der Waals surface area contributed by atoms with Crippen LogP contribution in [0, 0.1) is 5.92 Å². The highest BCUT2D eigenvalue weighted by molar-refractivity contribution is 5.51. The van der Waals surface area contributed by atoms with E-state index < -0.39 is 0 Å². The molecule has 2 aliphatic rings. The number of hydrogen-bond acceptors (Lipinski definition) is 5. The quantitative estimate of drug-likeness (QED) is 0.839. The Morgan fingerprint density at radius 1 is 1.12 bits per heavy atom. The monoisotopic (exact) mass is 356 g/mol. The molecule has 0 spiro atoms. The number of rotatable bonds is 4. The number of piperazine rings is 1. The molecule has 0 amide bonds. The van der Waals surface area contributed by atoms with Gasteiger partial charge < -0.3 is 9.80 Å². The Balaban J connectivity index is 1.43. The number of anilines is 1. The van der Waals surface area contributed by atoms with E-state index in [1.165, 1.54) is 44.8 Å². The second-order valence-electron chi connectivity index (χ2n) is 7.96. The lowest BCUT2D eigenvalue weighted by Crippen LogP contribution is -2.51. The van der Waals surface area contributed by atoms with Crippen LogP contribution in [-0.2, 0) is 6.42 Å². The first-order valence-corrected chi connectivity index (χ1v) is 10.2. The summed E-state index contributed by atoms with van der Waals surface area (Å²) in [5.74, 6) is 2.01. The maximum absolute atomic E-state index is 4.68. The summed E-state index contributed by atoms with van der Waals surface area (Å²) in [6, 6.07) is 4.92. The van der Waals surface area contributed by atoms with E-state index in [0.717, 1.165) is 36.8 Å². The van der Waals surface area contributed by atoms with E-state index in [-0.39, 0.29) is 0 Å². The number of piperidine rings is 1. The zero-order valence-corrected chi connectivity index (χ0v) is 16.4. The van der Waals surface area contributed by atoms with E-state index in [1.807, 2.05) is 16.8 Å². The zero-order chi connectivity index (χ0) is 18.1. The molecular weight excluding hydrogens is 324 g/mol. The third kappa shape index (κ3) is 3.45. The Morgan fingerprint density at radius 3 is 2.54 bits per heavy atom. The lowest BCUT2D eigenvalue weighted by Gasteiger charge is -2.43. The fourth-order valence-corrected chi connectivity index (χ4v) is 4.49. The highest BCUT2D eigenvalue weighted by Gasteiger charge is 2.30. The Morgan fingerprint density at radius 2 is 1.85 bits per heavy atom. The van der Waals surface area contributed by atoms with Gasteiger partial charge in [-0.15, -0.1) is 0 Å². The predicted octanol–water partition coefficient (Wildman–Crippen LogP) is 2.14. The molecule has 0 bridgehead atoms. The summed E-state index contributed by atoms with van der Waals surface area (Å²) in [7, 11) is 2.23. The average molecular weight is 357 g/mol. The third-order valence-electron chi connectivity index (χ3n) is 6.42. The second kappa shape index (κ2) is 7.53. The van der Waals surface area contributed by atoms with Gasteiger partial charge in [-0.3, -0.25) is 4.90 Å². The Bertz CT molecular complexity index is 725. The molecule has 0 unspecified atom stereocenters. The maximum Gasteiger partial charge on any atom is 0.157 e. The highest BCUT2D eigenvalue weighted by atomic mass is 15.3. The van der Waals surface area contributed by atoms with Crippen molar-refractivity contribution in [2.24, 2.45) is 5.92 Å². The molecule has 4 heterocycles. The maximum atomic E-state index is 4.68. The first-order valence-electron chi connectivity index (χ1n) is 10.2. The van der Waals surface area contributed by atoms with Gasteiger partial charge in [0.2, 0.25) is 0 Å². The molecule has 1 atom stereocenters. The van der Waals surface area contributed by atoms with Crippen LogP contribution < -0.4 is 4.90 Å². The molecule has 2 aromatic heterocycles. The van der Waals surface area contributed by atoms with Gasteiger partial charge >= 0.3 is 0 Å². The molecule has 6 heteroatoms. The van der Waals surface area contributed by atoms with E-state index >= 15 is 0 Å². The fraction of sp³-hybridized carbons (Fsp3) is 0.700. The summed E-state index contributed by atoms with van der Waals surface area (Å²) in [5.41, 5.74) is 2.12. The summed E-state index contributed by atoms with van der Waals surface area (Å²) >= 11 is 0. The predicted molar refractivity (Wildman–Crippen MR) is 106 cm³/mol. The number of nitrogens with zero attached hydrogens (tertiary/aromatic N) is 6. The fourth-order valence-electron chi connectivity index (χ4n) is 4.49. The largest absolute Gasteiger partial charge is 0.356 e. The van der Waals surface area contributed by atoms with E-state index in [1.54, 1.807) is 0 Å². The van der Waals surface area contributed by atoms with Crippen molar-refractivity contribution in [1.29, 1.82) is 0 Å². The van der Waals surface area contributed by atoms with Gasteiger partial charge in [0.25, 0.3) is 0 Å². The molecule has 4 rings (SSSR count). The van der Waals surface area contributed by atoms with Crippen molar-refractivity contribution in [3.05, 3.63) is 24.0 Å². The van der Waals surface area contributed by atoms with Crippen LogP contribution >= 0.6 is 0 Å². The van der Waals surface area contributed by atoms with Crippen LogP contribution in [-0.4, -0.2) is 76.8 Å². The molecule has 0 radical (unpaired) electrons. The molecule has 2 saturated heterocycles. The van der Waals surface area contributed by atoms with Crippen molar-refractivity contribution in [1.82, 2.24) is 24.4 Å². The van der Waals surface area contributed by atoms with Gasteiger partial charge in [0.05, 0.1) is 6.20 Å². The average Bonchev–Trinajstić information content (AvgIpc) is 3.16. The minimum atomic E-state index is 0.694. The van der Waals surface area contributed by atoms with Gasteiger partial charge in [0, 0.05) is 63.1 Å². The second-order valence-corrected chi connectivity index (χ2v) is 7.96.